The van der Waals surface area contributed by atoms with Crippen molar-refractivity contribution >= 4 is 0 Å². The maximum absolute atomic E-state index is 1.62. The van der Waals surface area contributed by atoms with Crippen molar-refractivity contribution in [3.8, 4) is 0 Å². The summed E-state index contributed by atoms with van der Waals surface area (Å²) in [4.78, 5) is 0. The molecule has 3 aliphatic rings. The molecule has 38 valence electrons. The van der Waals surface area contributed by atoms with Crippen LogP contribution in [0.2, 0.25) is 0 Å². The van der Waals surface area contributed by atoms with Gasteiger partial charge in [-0.1, -0.05) is 0 Å². The molecule has 0 aromatic heterocycles. The van der Waals surface area contributed by atoms with Gasteiger partial charge in [0.05, 0.1) is 0 Å². The van der Waals surface area contributed by atoms with Crippen LogP contribution >= 0.6 is 0 Å². The predicted molar refractivity (Wildman–Crippen MR) is 27.8 cm³/mol. The molecule has 3 rings (SSSR count). The Kier molecular flexibility index (Phi) is 0.296. The molecule has 3 aliphatic carbocycles. The number of fused-ring (bicyclic) bond motifs is 4. The van der Waals surface area contributed by atoms with Crippen LogP contribution in [0.3, 0.4) is 0 Å². The smallest absolute Gasteiger partial charge is 0.0349 e. The zero-order valence-electron chi connectivity index (χ0n) is 4.43. The second-order valence-corrected chi connectivity index (χ2v) is 3.47. The number of hydrogen-bond acceptors (Lipinski definition) is 0. The van der Waals surface area contributed by atoms with Crippen LogP contribution in [-0.4, -0.2) is 0 Å². The van der Waals surface area contributed by atoms with Crippen LogP contribution in [-0.2, 0) is 0 Å². The molecular formula is C7H10. The third kappa shape index (κ3) is 0.181. The van der Waals surface area contributed by atoms with Crippen LogP contribution in [0, 0.1) is 23.7 Å². The minimum Gasteiger partial charge on any atom is -0.0496 e. The van der Waals surface area contributed by atoms with E-state index in [1.807, 2.05) is 0 Å². The molecule has 3 fully saturated rings. The van der Waals surface area contributed by atoms with Gasteiger partial charge in [0.1, 0.15) is 0 Å². The van der Waals surface area contributed by atoms with E-state index in [9.17, 15) is 0 Å². The summed E-state index contributed by atoms with van der Waals surface area (Å²) >= 11 is 0. The topological polar surface area (TPSA) is 0 Å². The lowest BCUT2D eigenvalue weighted by Gasteiger charge is -2.45. The van der Waals surface area contributed by atoms with E-state index in [-0.39, 0.29) is 0 Å². The van der Waals surface area contributed by atoms with Gasteiger partial charge < -0.3 is 0 Å². The first-order chi connectivity index (χ1) is 3.47. The van der Waals surface area contributed by atoms with Gasteiger partial charge in [0.2, 0.25) is 0 Å². The van der Waals surface area contributed by atoms with E-state index >= 15 is 0 Å². The highest BCUT2D eigenvalue weighted by molar-refractivity contribution is 5.13. The van der Waals surface area contributed by atoms with Gasteiger partial charge in [0.15, 0.2) is 0 Å². The van der Waals surface area contributed by atoms with Crippen molar-refractivity contribution in [2.75, 3.05) is 0 Å². The van der Waals surface area contributed by atoms with Gasteiger partial charge in [0, 0.05) is 0 Å². The van der Waals surface area contributed by atoms with Crippen LogP contribution in [0.25, 0.3) is 0 Å². The van der Waals surface area contributed by atoms with E-state index in [4.69, 9.17) is 0 Å². The fourth-order valence-corrected chi connectivity index (χ4v) is 2.69. The Morgan fingerprint density at radius 3 is 1.57 bits per heavy atom. The first kappa shape index (κ1) is 3.11. The largest absolute Gasteiger partial charge is 0.0496 e. The lowest BCUT2D eigenvalue weighted by Crippen LogP contribution is -2.38. The predicted octanol–water partition coefficient (Wildman–Crippen LogP) is 1.66. The monoisotopic (exact) mass is 94.1 g/mol. The molecule has 4 atom stereocenters. The van der Waals surface area contributed by atoms with E-state index in [1.165, 1.54) is 23.7 Å². The molecule has 0 bridgehead atoms. The van der Waals surface area contributed by atoms with Crippen LogP contribution in [0.15, 0.2) is 0 Å². The molecule has 0 aromatic carbocycles. The van der Waals surface area contributed by atoms with Crippen molar-refractivity contribution in [3.05, 3.63) is 0 Å². The molecule has 2 unspecified atom stereocenters. The fraction of sp³-hybridized carbons (Fsp3) is 1.00. The Hall–Kier alpha value is 0. The highest BCUT2D eigenvalue weighted by Gasteiger charge is 2.64. The van der Waals surface area contributed by atoms with Gasteiger partial charge in [-0.2, -0.15) is 0 Å². The van der Waals surface area contributed by atoms with Gasteiger partial charge in [-0.15, -0.1) is 0 Å². The summed E-state index contributed by atoms with van der Waals surface area (Å²) in [5.74, 6) is 5.03. The van der Waals surface area contributed by atoms with Gasteiger partial charge in [0.25, 0.3) is 0 Å². The molecular weight excluding hydrogens is 84.1 g/mol. The maximum atomic E-state index is 1.62. The zero-order chi connectivity index (χ0) is 4.43. The third-order valence-corrected chi connectivity index (χ3v) is 3.37. The molecule has 0 nitrogen and oxygen atoms in total. The molecule has 0 saturated heterocycles. The molecule has 0 radical (unpaired) electrons. The van der Waals surface area contributed by atoms with Crippen molar-refractivity contribution < 1.29 is 0 Å². The quantitative estimate of drug-likeness (QED) is 0.428. The van der Waals surface area contributed by atoms with Crippen LogP contribution < -0.4 is 0 Å². The van der Waals surface area contributed by atoms with E-state index in [0.717, 1.165) is 0 Å². The molecule has 0 heterocycles. The molecule has 0 N–H and O–H groups in total. The highest BCUT2D eigenvalue weighted by atomic mass is 14.7. The van der Waals surface area contributed by atoms with Crippen LogP contribution in [0.1, 0.15) is 19.3 Å². The Bertz CT molecular complexity index is 103. The molecule has 0 aromatic rings. The second-order valence-electron chi connectivity index (χ2n) is 3.47. The third-order valence-electron chi connectivity index (χ3n) is 3.37. The number of hydrogen-bond donors (Lipinski definition) is 0. The molecule has 0 aliphatic heterocycles. The van der Waals surface area contributed by atoms with E-state index in [0.29, 0.717) is 0 Å². The Morgan fingerprint density at radius 2 is 1.29 bits per heavy atom. The van der Waals surface area contributed by atoms with E-state index in [2.05, 4.69) is 0 Å². The Morgan fingerprint density at radius 1 is 0.714 bits per heavy atom. The highest BCUT2D eigenvalue weighted by Crippen LogP contribution is 2.71. The first-order valence-electron chi connectivity index (χ1n) is 3.47. The summed E-state index contributed by atoms with van der Waals surface area (Å²) in [7, 11) is 0. The summed E-state index contributed by atoms with van der Waals surface area (Å²) in [6.07, 6.45) is 4.80. The zero-order valence-corrected chi connectivity index (χ0v) is 4.43. The minimum atomic E-state index is 1.25. The Labute approximate surface area is 43.9 Å². The average Bonchev–Trinajstić information content (AvgIpc) is 2.14. The summed E-state index contributed by atoms with van der Waals surface area (Å²) in [6, 6.07) is 0. The lowest BCUT2D eigenvalue weighted by molar-refractivity contribution is 0.0372. The van der Waals surface area contributed by atoms with Crippen molar-refractivity contribution in [2.24, 2.45) is 23.7 Å². The van der Waals surface area contributed by atoms with Crippen molar-refractivity contribution in [2.45, 2.75) is 19.3 Å². The lowest BCUT2D eigenvalue weighted by atomic mass is 9.60. The van der Waals surface area contributed by atoms with Gasteiger partial charge in [-0.25, -0.2) is 0 Å². The van der Waals surface area contributed by atoms with Crippen molar-refractivity contribution in [1.29, 1.82) is 0 Å². The first-order valence-corrected chi connectivity index (χ1v) is 3.47. The fourth-order valence-electron chi connectivity index (χ4n) is 2.69. The van der Waals surface area contributed by atoms with E-state index in [1.54, 1.807) is 19.3 Å². The standard InChI is InChI=1S/C7H10/c1-2-5-4(1)6-3-7(5)6/h4-7H,1-3H2/t4?,5?,6-,7+. The second kappa shape index (κ2) is 0.667. The van der Waals surface area contributed by atoms with Gasteiger partial charge in [-0.3, -0.25) is 0 Å². The van der Waals surface area contributed by atoms with E-state index < -0.39 is 0 Å². The normalized spacial score (nSPS) is 72.0. The van der Waals surface area contributed by atoms with Gasteiger partial charge in [-0.05, 0) is 42.9 Å². The van der Waals surface area contributed by atoms with Gasteiger partial charge >= 0.3 is 0 Å². The summed E-state index contributed by atoms with van der Waals surface area (Å²) in [5, 5.41) is 0. The minimum absolute atomic E-state index is 1.25. The maximum Gasteiger partial charge on any atom is -0.0349 e. The Balaban J connectivity index is 1.98. The van der Waals surface area contributed by atoms with Crippen LogP contribution in [0.5, 0.6) is 0 Å². The molecule has 0 spiro atoms. The molecule has 0 amide bonds. The van der Waals surface area contributed by atoms with Crippen molar-refractivity contribution in [3.63, 3.8) is 0 Å². The SMILES string of the molecule is C1CC2C1[C@H]1C[C@@H]21. The summed E-state index contributed by atoms with van der Waals surface area (Å²) in [6.45, 7) is 0. The summed E-state index contributed by atoms with van der Waals surface area (Å²) in [5.41, 5.74) is 0. The average molecular weight is 94.2 g/mol. The number of rotatable bonds is 0. The molecule has 0 heteroatoms. The van der Waals surface area contributed by atoms with Crippen LogP contribution in [0.4, 0.5) is 0 Å². The molecule has 7 heavy (non-hydrogen) atoms. The van der Waals surface area contributed by atoms with Crippen molar-refractivity contribution in [1.82, 2.24) is 0 Å². The summed E-state index contributed by atoms with van der Waals surface area (Å²) < 4.78 is 0. The molecule has 3 saturated carbocycles.